The van der Waals surface area contributed by atoms with E-state index in [2.05, 4.69) is 17.6 Å². The first-order valence-corrected chi connectivity index (χ1v) is 6.73. The molecule has 0 spiro atoms. The molecule has 0 aromatic rings. The van der Waals surface area contributed by atoms with Gasteiger partial charge in [0.15, 0.2) is 0 Å². The van der Waals surface area contributed by atoms with Crippen molar-refractivity contribution in [2.24, 2.45) is 17.8 Å². The SMILES string of the molecule is CC(CC(=O)NCC1CC1)C1CCCNC1. The highest BCUT2D eigenvalue weighted by Crippen LogP contribution is 2.28. The quantitative estimate of drug-likeness (QED) is 0.743. The molecule has 3 nitrogen and oxygen atoms in total. The molecule has 1 heterocycles. The average Bonchev–Trinajstić information content (AvgIpc) is 3.11. The first-order valence-electron chi connectivity index (χ1n) is 6.73. The Morgan fingerprint density at radius 1 is 1.44 bits per heavy atom. The molecular weight excluding hydrogens is 200 g/mol. The van der Waals surface area contributed by atoms with Crippen molar-refractivity contribution >= 4 is 5.91 Å². The largest absolute Gasteiger partial charge is 0.356 e. The van der Waals surface area contributed by atoms with Gasteiger partial charge in [-0.2, -0.15) is 0 Å². The van der Waals surface area contributed by atoms with Crippen LogP contribution in [0.25, 0.3) is 0 Å². The van der Waals surface area contributed by atoms with Crippen molar-refractivity contribution in [1.82, 2.24) is 10.6 Å². The van der Waals surface area contributed by atoms with Crippen LogP contribution in [0.15, 0.2) is 0 Å². The van der Waals surface area contributed by atoms with Gasteiger partial charge >= 0.3 is 0 Å². The third-order valence-electron chi connectivity index (χ3n) is 3.93. The van der Waals surface area contributed by atoms with Gasteiger partial charge in [-0.25, -0.2) is 0 Å². The maximum Gasteiger partial charge on any atom is 0.220 e. The van der Waals surface area contributed by atoms with Crippen LogP contribution in [0.3, 0.4) is 0 Å². The van der Waals surface area contributed by atoms with Crippen LogP contribution >= 0.6 is 0 Å². The molecule has 1 saturated carbocycles. The van der Waals surface area contributed by atoms with Crippen molar-refractivity contribution in [3.8, 4) is 0 Å². The molecule has 2 atom stereocenters. The summed E-state index contributed by atoms with van der Waals surface area (Å²) in [6.45, 7) is 5.37. The Labute approximate surface area is 98.4 Å². The summed E-state index contributed by atoms with van der Waals surface area (Å²) >= 11 is 0. The predicted octanol–water partition coefficient (Wildman–Crippen LogP) is 1.54. The Balaban J connectivity index is 1.63. The van der Waals surface area contributed by atoms with Crippen LogP contribution in [0.1, 0.15) is 39.0 Å². The molecule has 1 amide bonds. The van der Waals surface area contributed by atoms with E-state index in [1.165, 1.54) is 25.7 Å². The molecule has 1 aliphatic heterocycles. The van der Waals surface area contributed by atoms with Crippen molar-refractivity contribution in [3.63, 3.8) is 0 Å². The maximum absolute atomic E-state index is 11.7. The second kappa shape index (κ2) is 5.67. The van der Waals surface area contributed by atoms with Crippen molar-refractivity contribution in [2.45, 2.75) is 39.0 Å². The van der Waals surface area contributed by atoms with E-state index in [4.69, 9.17) is 0 Å². The smallest absolute Gasteiger partial charge is 0.220 e. The van der Waals surface area contributed by atoms with Gasteiger partial charge in [0.05, 0.1) is 0 Å². The number of hydrogen-bond acceptors (Lipinski definition) is 2. The lowest BCUT2D eigenvalue weighted by molar-refractivity contribution is -0.122. The zero-order valence-corrected chi connectivity index (χ0v) is 10.3. The fraction of sp³-hybridized carbons (Fsp3) is 0.923. The van der Waals surface area contributed by atoms with Crippen molar-refractivity contribution in [2.75, 3.05) is 19.6 Å². The molecular formula is C13H24N2O. The van der Waals surface area contributed by atoms with Crippen LogP contribution in [0.5, 0.6) is 0 Å². The van der Waals surface area contributed by atoms with Gasteiger partial charge in [-0.3, -0.25) is 4.79 Å². The molecule has 2 rings (SSSR count). The number of piperidine rings is 1. The minimum Gasteiger partial charge on any atom is -0.356 e. The highest BCUT2D eigenvalue weighted by Gasteiger charge is 2.24. The lowest BCUT2D eigenvalue weighted by Gasteiger charge is -2.28. The maximum atomic E-state index is 11.7. The average molecular weight is 224 g/mol. The predicted molar refractivity (Wildman–Crippen MR) is 65.1 cm³/mol. The lowest BCUT2D eigenvalue weighted by atomic mass is 9.85. The number of nitrogens with one attached hydrogen (secondary N) is 2. The third kappa shape index (κ3) is 3.78. The third-order valence-corrected chi connectivity index (χ3v) is 3.93. The molecule has 1 saturated heterocycles. The molecule has 2 unspecified atom stereocenters. The summed E-state index contributed by atoms with van der Waals surface area (Å²) in [6.07, 6.45) is 5.87. The van der Waals surface area contributed by atoms with E-state index < -0.39 is 0 Å². The summed E-state index contributed by atoms with van der Waals surface area (Å²) in [5.41, 5.74) is 0. The summed E-state index contributed by atoms with van der Waals surface area (Å²) in [5, 5.41) is 6.47. The van der Waals surface area contributed by atoms with Crippen LogP contribution in [-0.4, -0.2) is 25.5 Å². The summed E-state index contributed by atoms with van der Waals surface area (Å²) in [4.78, 5) is 11.7. The Hall–Kier alpha value is -0.570. The zero-order chi connectivity index (χ0) is 11.4. The van der Waals surface area contributed by atoms with E-state index in [-0.39, 0.29) is 5.91 Å². The van der Waals surface area contributed by atoms with Gasteiger partial charge in [0, 0.05) is 13.0 Å². The molecule has 3 heteroatoms. The highest BCUT2D eigenvalue weighted by atomic mass is 16.1. The first kappa shape index (κ1) is 11.9. The fourth-order valence-electron chi connectivity index (χ4n) is 2.48. The van der Waals surface area contributed by atoms with Crippen LogP contribution < -0.4 is 10.6 Å². The number of carbonyl (C=O) groups is 1. The zero-order valence-electron chi connectivity index (χ0n) is 10.3. The summed E-state index contributed by atoms with van der Waals surface area (Å²) in [7, 11) is 0. The highest BCUT2D eigenvalue weighted by molar-refractivity contribution is 5.76. The normalized spacial score (nSPS) is 27.4. The molecule has 1 aliphatic carbocycles. The summed E-state index contributed by atoms with van der Waals surface area (Å²) in [5.74, 6) is 2.26. The van der Waals surface area contributed by atoms with Gasteiger partial charge in [-0.15, -0.1) is 0 Å². The summed E-state index contributed by atoms with van der Waals surface area (Å²) < 4.78 is 0. The van der Waals surface area contributed by atoms with E-state index in [0.29, 0.717) is 18.3 Å². The van der Waals surface area contributed by atoms with Gasteiger partial charge in [-0.05, 0) is 56.5 Å². The van der Waals surface area contributed by atoms with Crippen LogP contribution in [0.2, 0.25) is 0 Å². The molecule has 0 radical (unpaired) electrons. The van der Waals surface area contributed by atoms with Gasteiger partial charge in [0.2, 0.25) is 5.91 Å². The Bertz CT molecular complexity index is 232. The molecule has 0 bridgehead atoms. The van der Waals surface area contributed by atoms with Crippen molar-refractivity contribution < 1.29 is 4.79 Å². The molecule has 16 heavy (non-hydrogen) atoms. The Kier molecular flexibility index (Phi) is 4.22. The molecule has 92 valence electrons. The molecule has 2 N–H and O–H groups in total. The monoisotopic (exact) mass is 224 g/mol. The number of rotatable bonds is 5. The minimum absolute atomic E-state index is 0.255. The van der Waals surface area contributed by atoms with Gasteiger partial charge in [0.1, 0.15) is 0 Å². The standard InChI is InChI=1S/C13H24N2O/c1-10(12-3-2-6-14-9-12)7-13(16)15-8-11-4-5-11/h10-12,14H,2-9H2,1H3,(H,15,16). The van der Waals surface area contributed by atoms with Crippen LogP contribution in [0, 0.1) is 17.8 Å². The lowest BCUT2D eigenvalue weighted by Crippen LogP contribution is -2.35. The van der Waals surface area contributed by atoms with Gasteiger partial charge in [0.25, 0.3) is 0 Å². The Morgan fingerprint density at radius 3 is 2.88 bits per heavy atom. The number of carbonyl (C=O) groups excluding carboxylic acids is 1. The number of amides is 1. The van der Waals surface area contributed by atoms with Gasteiger partial charge in [-0.1, -0.05) is 6.92 Å². The van der Waals surface area contributed by atoms with E-state index in [9.17, 15) is 4.79 Å². The summed E-state index contributed by atoms with van der Waals surface area (Å²) in [6, 6.07) is 0. The van der Waals surface area contributed by atoms with Gasteiger partial charge < -0.3 is 10.6 Å². The molecule has 2 aliphatic rings. The molecule has 2 fully saturated rings. The molecule has 0 aromatic heterocycles. The topological polar surface area (TPSA) is 41.1 Å². The van der Waals surface area contributed by atoms with Crippen molar-refractivity contribution in [3.05, 3.63) is 0 Å². The molecule has 0 aromatic carbocycles. The minimum atomic E-state index is 0.255. The van der Waals surface area contributed by atoms with Crippen LogP contribution in [-0.2, 0) is 4.79 Å². The fourth-order valence-corrected chi connectivity index (χ4v) is 2.48. The first-order chi connectivity index (χ1) is 7.75. The van der Waals surface area contributed by atoms with Crippen molar-refractivity contribution in [1.29, 1.82) is 0 Å². The van der Waals surface area contributed by atoms with Crippen LogP contribution in [0.4, 0.5) is 0 Å². The van der Waals surface area contributed by atoms with E-state index in [1.54, 1.807) is 0 Å². The number of hydrogen-bond donors (Lipinski definition) is 2. The second-order valence-corrected chi connectivity index (χ2v) is 5.54. The van der Waals surface area contributed by atoms with E-state index >= 15 is 0 Å². The van der Waals surface area contributed by atoms with E-state index in [0.717, 1.165) is 25.6 Å². The van der Waals surface area contributed by atoms with E-state index in [1.807, 2.05) is 0 Å². The Morgan fingerprint density at radius 2 is 2.25 bits per heavy atom. The second-order valence-electron chi connectivity index (χ2n) is 5.54.